The average Bonchev–Trinajstić information content (AvgIpc) is 2.68. The minimum atomic E-state index is 0.0171. The third kappa shape index (κ3) is 5.54. The maximum absolute atomic E-state index is 12.5. The van der Waals surface area contributed by atoms with E-state index in [9.17, 15) is 4.79 Å². The van der Waals surface area contributed by atoms with Gasteiger partial charge in [0.1, 0.15) is 11.6 Å². The van der Waals surface area contributed by atoms with Gasteiger partial charge in [0.25, 0.3) is 0 Å². The monoisotopic (exact) mass is 395 g/mol. The topological polar surface area (TPSA) is 61.4 Å². The molecule has 0 spiro atoms. The Morgan fingerprint density at radius 1 is 1.07 bits per heavy atom. The average molecular weight is 396 g/mol. The zero-order chi connectivity index (χ0) is 21.0. The second kappa shape index (κ2) is 9.35. The molecule has 1 aliphatic heterocycles. The number of nitrogens with one attached hydrogen (secondary N) is 1. The van der Waals surface area contributed by atoms with Crippen molar-refractivity contribution in [1.29, 1.82) is 0 Å². The van der Waals surface area contributed by atoms with Crippen molar-refractivity contribution in [3.8, 4) is 0 Å². The van der Waals surface area contributed by atoms with Crippen molar-refractivity contribution in [2.24, 2.45) is 0 Å². The number of amides is 1. The lowest BCUT2D eigenvalue weighted by Crippen LogP contribution is -2.50. The van der Waals surface area contributed by atoms with Gasteiger partial charge >= 0.3 is 0 Å². The van der Waals surface area contributed by atoms with E-state index in [0.717, 1.165) is 43.5 Å². The van der Waals surface area contributed by atoms with Crippen LogP contribution >= 0.6 is 0 Å². The van der Waals surface area contributed by atoms with E-state index in [2.05, 4.69) is 59.1 Å². The zero-order valence-electron chi connectivity index (χ0n) is 18.3. The van der Waals surface area contributed by atoms with Gasteiger partial charge in [-0.2, -0.15) is 0 Å². The Kier molecular flexibility index (Phi) is 6.85. The number of aryl methyl sites for hydroxylation is 2. The molecule has 0 aliphatic carbocycles. The molecule has 156 valence electrons. The normalized spacial score (nSPS) is 16.1. The van der Waals surface area contributed by atoms with E-state index < -0.39 is 0 Å². The zero-order valence-corrected chi connectivity index (χ0v) is 18.3. The van der Waals surface area contributed by atoms with Crippen molar-refractivity contribution < 1.29 is 4.79 Å². The molecule has 1 saturated heterocycles. The fourth-order valence-electron chi connectivity index (χ4n) is 3.77. The minimum absolute atomic E-state index is 0.0171. The van der Waals surface area contributed by atoms with Crippen LogP contribution in [0.3, 0.4) is 0 Å². The number of aromatic nitrogens is 2. The van der Waals surface area contributed by atoms with Gasteiger partial charge in [-0.1, -0.05) is 38.1 Å². The molecule has 1 N–H and O–H groups in total. The number of rotatable bonds is 6. The molecule has 2 aromatic rings. The Morgan fingerprint density at radius 3 is 2.41 bits per heavy atom. The number of hydrogen-bond acceptors (Lipinski definition) is 5. The highest BCUT2D eigenvalue weighted by molar-refractivity contribution is 5.78. The molecule has 0 bridgehead atoms. The van der Waals surface area contributed by atoms with Gasteiger partial charge in [0, 0.05) is 43.9 Å². The molecule has 3 rings (SSSR count). The molecular weight excluding hydrogens is 362 g/mol. The van der Waals surface area contributed by atoms with Crippen LogP contribution < -0.4 is 10.2 Å². The first-order chi connectivity index (χ1) is 13.8. The van der Waals surface area contributed by atoms with Crippen molar-refractivity contribution >= 4 is 11.7 Å². The van der Waals surface area contributed by atoms with E-state index in [4.69, 9.17) is 4.98 Å². The first-order valence-corrected chi connectivity index (χ1v) is 10.5. The van der Waals surface area contributed by atoms with Crippen LogP contribution in [0.4, 0.5) is 5.82 Å². The quantitative estimate of drug-likeness (QED) is 0.814. The highest BCUT2D eigenvalue weighted by Crippen LogP contribution is 2.19. The summed E-state index contributed by atoms with van der Waals surface area (Å²) in [5.74, 6) is 2.29. The summed E-state index contributed by atoms with van der Waals surface area (Å²) in [7, 11) is 0. The number of carbonyl (C=O) groups excluding carboxylic acids is 1. The molecule has 1 unspecified atom stereocenters. The van der Waals surface area contributed by atoms with Gasteiger partial charge < -0.3 is 10.2 Å². The third-order valence-electron chi connectivity index (χ3n) is 5.47. The molecule has 0 saturated carbocycles. The number of anilines is 1. The summed E-state index contributed by atoms with van der Waals surface area (Å²) in [5, 5.41) is 3.14. The first-order valence-electron chi connectivity index (χ1n) is 10.5. The third-order valence-corrected chi connectivity index (χ3v) is 5.47. The molecule has 1 aliphatic rings. The molecule has 1 amide bonds. The second-order valence-corrected chi connectivity index (χ2v) is 8.29. The van der Waals surface area contributed by atoms with Gasteiger partial charge in [0.15, 0.2) is 0 Å². The van der Waals surface area contributed by atoms with Crippen molar-refractivity contribution in [1.82, 2.24) is 20.2 Å². The fraction of sp³-hybridized carbons (Fsp3) is 0.522. The maximum Gasteiger partial charge on any atom is 0.234 e. The largest absolute Gasteiger partial charge is 0.354 e. The van der Waals surface area contributed by atoms with Crippen LogP contribution in [0.1, 0.15) is 55.4 Å². The lowest BCUT2D eigenvalue weighted by atomic mass is 10.0. The summed E-state index contributed by atoms with van der Waals surface area (Å²) in [6.45, 7) is 14.3. The predicted molar refractivity (Wildman–Crippen MR) is 117 cm³/mol. The van der Waals surface area contributed by atoms with E-state index in [1.54, 1.807) is 0 Å². The molecule has 1 atom stereocenters. The molecule has 1 aromatic heterocycles. The van der Waals surface area contributed by atoms with Crippen molar-refractivity contribution in [3.05, 3.63) is 53.0 Å². The number of nitrogens with zero attached hydrogens (tertiary/aromatic N) is 4. The van der Waals surface area contributed by atoms with Gasteiger partial charge in [0.05, 0.1) is 12.6 Å². The van der Waals surface area contributed by atoms with Crippen LogP contribution in [0.5, 0.6) is 0 Å². The smallest absolute Gasteiger partial charge is 0.234 e. The van der Waals surface area contributed by atoms with Crippen LogP contribution in [0.25, 0.3) is 0 Å². The van der Waals surface area contributed by atoms with Gasteiger partial charge in [-0.3, -0.25) is 9.69 Å². The number of benzene rings is 1. The molecule has 2 heterocycles. The fourth-order valence-corrected chi connectivity index (χ4v) is 3.77. The second-order valence-electron chi connectivity index (χ2n) is 8.29. The number of piperazine rings is 1. The molecule has 1 aromatic carbocycles. The van der Waals surface area contributed by atoms with E-state index in [1.165, 1.54) is 11.1 Å². The number of carbonyl (C=O) groups is 1. The van der Waals surface area contributed by atoms with Crippen LogP contribution in [-0.4, -0.2) is 53.5 Å². The Morgan fingerprint density at radius 2 is 1.76 bits per heavy atom. The maximum atomic E-state index is 12.5. The summed E-state index contributed by atoms with van der Waals surface area (Å²) in [4.78, 5) is 26.3. The summed E-state index contributed by atoms with van der Waals surface area (Å²) in [5.41, 5.74) is 3.38. The Bertz CT molecular complexity index is 843. The van der Waals surface area contributed by atoms with Crippen molar-refractivity contribution in [2.45, 2.75) is 46.6 Å². The Hall–Kier alpha value is -2.47. The molecule has 6 nitrogen and oxygen atoms in total. The first kappa shape index (κ1) is 21.2. The SMILES string of the molecule is Cc1cc(N2CCN(CC(=O)NC(C)c3ccccc3C)CC2)nc(C(C)C)n1. The Balaban J connectivity index is 1.52. The summed E-state index contributed by atoms with van der Waals surface area (Å²) < 4.78 is 0. The summed E-state index contributed by atoms with van der Waals surface area (Å²) in [6, 6.07) is 10.3. The standard InChI is InChI=1S/C23H33N5O/c1-16(2)23-24-18(4)14-21(26-23)28-12-10-27(11-13-28)15-22(29)25-19(5)20-9-7-6-8-17(20)3/h6-9,14,16,19H,10-13,15H2,1-5H3,(H,25,29). The van der Waals surface area contributed by atoms with E-state index in [1.807, 2.05) is 26.0 Å². The van der Waals surface area contributed by atoms with Gasteiger partial charge in [-0.15, -0.1) is 0 Å². The lowest BCUT2D eigenvalue weighted by Gasteiger charge is -2.35. The van der Waals surface area contributed by atoms with Gasteiger partial charge in [-0.25, -0.2) is 9.97 Å². The highest BCUT2D eigenvalue weighted by Gasteiger charge is 2.22. The van der Waals surface area contributed by atoms with Crippen molar-refractivity contribution in [3.63, 3.8) is 0 Å². The van der Waals surface area contributed by atoms with Crippen LogP contribution in [0.2, 0.25) is 0 Å². The molecular formula is C23H33N5O. The van der Waals surface area contributed by atoms with Crippen molar-refractivity contribution in [2.75, 3.05) is 37.6 Å². The summed E-state index contributed by atoms with van der Waals surface area (Å²) in [6.07, 6.45) is 0. The van der Waals surface area contributed by atoms with E-state index >= 15 is 0 Å². The minimum Gasteiger partial charge on any atom is -0.354 e. The highest BCUT2D eigenvalue weighted by atomic mass is 16.2. The van der Waals surface area contributed by atoms with Gasteiger partial charge in [-0.05, 0) is 31.9 Å². The molecule has 6 heteroatoms. The van der Waals surface area contributed by atoms with Crippen LogP contribution in [0, 0.1) is 13.8 Å². The Labute approximate surface area is 174 Å². The van der Waals surface area contributed by atoms with E-state index in [0.29, 0.717) is 12.5 Å². The molecule has 0 radical (unpaired) electrons. The van der Waals surface area contributed by atoms with Crippen LogP contribution in [0.15, 0.2) is 30.3 Å². The molecule has 1 fully saturated rings. The van der Waals surface area contributed by atoms with E-state index in [-0.39, 0.29) is 11.9 Å². The summed E-state index contributed by atoms with van der Waals surface area (Å²) >= 11 is 0. The molecule has 29 heavy (non-hydrogen) atoms. The predicted octanol–water partition coefficient (Wildman–Crippen LogP) is 3.22. The lowest BCUT2D eigenvalue weighted by molar-refractivity contribution is -0.123. The number of hydrogen-bond donors (Lipinski definition) is 1. The van der Waals surface area contributed by atoms with Crippen LogP contribution in [-0.2, 0) is 4.79 Å². The van der Waals surface area contributed by atoms with Gasteiger partial charge in [0.2, 0.25) is 5.91 Å².